The van der Waals surface area contributed by atoms with E-state index in [1.165, 1.54) is 37.4 Å². The number of alkyl halides is 3. The zero-order chi connectivity index (χ0) is 18.4. The van der Waals surface area contributed by atoms with Gasteiger partial charge in [-0.05, 0) is 47.5 Å². The van der Waals surface area contributed by atoms with Gasteiger partial charge in [0.05, 0.1) is 11.3 Å². The Kier molecular flexibility index (Phi) is 5.77. The van der Waals surface area contributed by atoms with Crippen molar-refractivity contribution in [3.05, 3.63) is 77.4 Å². The molecule has 25 heavy (non-hydrogen) atoms. The van der Waals surface area contributed by atoms with Gasteiger partial charge in [-0.3, -0.25) is 15.1 Å². The standard InChI is InChI=1S/C19H16F3NO2/c1-23(25)17-10-4-15(5-11-17)7-13-18(24)12-6-14-2-8-16(9-3-14)19(20,21)22/h2-13,25H,1H3/b12-6+,13-7+. The summed E-state index contributed by atoms with van der Waals surface area (Å²) in [6.07, 6.45) is 1.34. The van der Waals surface area contributed by atoms with E-state index in [1.807, 2.05) is 0 Å². The summed E-state index contributed by atoms with van der Waals surface area (Å²) in [6.45, 7) is 0. The maximum atomic E-state index is 12.5. The van der Waals surface area contributed by atoms with Crippen molar-refractivity contribution in [3.8, 4) is 0 Å². The number of allylic oxidation sites excluding steroid dienone is 2. The van der Waals surface area contributed by atoms with Gasteiger partial charge in [-0.2, -0.15) is 13.2 Å². The number of anilines is 1. The predicted molar refractivity (Wildman–Crippen MR) is 91.2 cm³/mol. The Morgan fingerprint density at radius 1 is 0.920 bits per heavy atom. The van der Waals surface area contributed by atoms with Crippen LogP contribution in [0.3, 0.4) is 0 Å². The topological polar surface area (TPSA) is 40.5 Å². The highest BCUT2D eigenvalue weighted by Crippen LogP contribution is 2.29. The molecule has 0 aliphatic rings. The molecule has 0 heterocycles. The number of rotatable bonds is 5. The van der Waals surface area contributed by atoms with Crippen molar-refractivity contribution in [2.75, 3.05) is 12.1 Å². The van der Waals surface area contributed by atoms with E-state index in [4.69, 9.17) is 0 Å². The van der Waals surface area contributed by atoms with Gasteiger partial charge in [0.2, 0.25) is 0 Å². The minimum atomic E-state index is -4.37. The van der Waals surface area contributed by atoms with Crippen molar-refractivity contribution in [1.29, 1.82) is 0 Å². The number of halogens is 3. The molecule has 0 aromatic heterocycles. The number of hydrogen-bond donors (Lipinski definition) is 1. The molecule has 1 N–H and O–H groups in total. The van der Waals surface area contributed by atoms with Gasteiger partial charge >= 0.3 is 6.18 Å². The molecule has 0 spiro atoms. The Morgan fingerprint density at radius 2 is 1.36 bits per heavy atom. The van der Waals surface area contributed by atoms with Crippen LogP contribution in [0.2, 0.25) is 0 Å². The number of carbonyl (C=O) groups is 1. The molecule has 3 nitrogen and oxygen atoms in total. The Balaban J connectivity index is 1.98. The average molecular weight is 347 g/mol. The fraction of sp³-hybridized carbons (Fsp3) is 0.105. The van der Waals surface area contributed by atoms with Crippen molar-refractivity contribution in [1.82, 2.24) is 0 Å². The number of carbonyl (C=O) groups excluding carboxylic acids is 1. The molecule has 0 aliphatic heterocycles. The second-order valence-corrected chi connectivity index (χ2v) is 5.30. The molecule has 0 bridgehead atoms. The number of hydroxylamine groups is 1. The quantitative estimate of drug-likeness (QED) is 0.622. The van der Waals surface area contributed by atoms with Gasteiger partial charge in [-0.15, -0.1) is 0 Å². The Hall–Kier alpha value is -2.86. The summed E-state index contributed by atoms with van der Waals surface area (Å²) in [4.78, 5) is 11.8. The zero-order valence-electron chi connectivity index (χ0n) is 13.4. The fourth-order valence-electron chi connectivity index (χ4n) is 2.00. The van der Waals surface area contributed by atoms with Crippen LogP contribution < -0.4 is 5.06 Å². The summed E-state index contributed by atoms with van der Waals surface area (Å²) in [6, 6.07) is 11.4. The minimum Gasteiger partial charge on any atom is -0.290 e. The van der Waals surface area contributed by atoms with E-state index in [-0.39, 0.29) is 5.78 Å². The summed E-state index contributed by atoms with van der Waals surface area (Å²) < 4.78 is 37.4. The fourth-order valence-corrected chi connectivity index (χ4v) is 2.00. The zero-order valence-corrected chi connectivity index (χ0v) is 13.4. The lowest BCUT2D eigenvalue weighted by Crippen LogP contribution is -2.09. The molecule has 0 unspecified atom stereocenters. The van der Waals surface area contributed by atoms with Crippen LogP contribution >= 0.6 is 0 Å². The largest absolute Gasteiger partial charge is 0.416 e. The molecule has 0 fully saturated rings. The van der Waals surface area contributed by atoms with Crippen LogP contribution in [0.25, 0.3) is 12.2 Å². The van der Waals surface area contributed by atoms with Gasteiger partial charge in [0.1, 0.15) is 0 Å². The van der Waals surface area contributed by atoms with Crippen molar-refractivity contribution >= 4 is 23.6 Å². The highest BCUT2D eigenvalue weighted by Gasteiger charge is 2.29. The molecule has 130 valence electrons. The molecule has 0 aliphatic carbocycles. The minimum absolute atomic E-state index is 0.289. The second kappa shape index (κ2) is 7.81. The highest BCUT2D eigenvalue weighted by molar-refractivity contribution is 6.04. The van der Waals surface area contributed by atoms with Crippen LogP contribution in [0.4, 0.5) is 18.9 Å². The van der Waals surface area contributed by atoms with E-state index < -0.39 is 11.7 Å². The van der Waals surface area contributed by atoms with E-state index >= 15 is 0 Å². The van der Waals surface area contributed by atoms with Crippen molar-refractivity contribution in [2.24, 2.45) is 0 Å². The normalized spacial score (nSPS) is 12.0. The number of hydrogen-bond acceptors (Lipinski definition) is 3. The summed E-state index contributed by atoms with van der Waals surface area (Å²) in [5, 5.41) is 10.2. The van der Waals surface area contributed by atoms with Crippen LogP contribution in [0.5, 0.6) is 0 Å². The van der Waals surface area contributed by atoms with Gasteiger partial charge in [0.25, 0.3) is 0 Å². The van der Waals surface area contributed by atoms with Gasteiger partial charge in [0.15, 0.2) is 5.78 Å². The number of nitrogens with zero attached hydrogens (tertiary/aromatic N) is 1. The maximum Gasteiger partial charge on any atom is 0.416 e. The molecule has 2 rings (SSSR count). The van der Waals surface area contributed by atoms with E-state index in [0.29, 0.717) is 11.3 Å². The van der Waals surface area contributed by atoms with Gasteiger partial charge in [-0.1, -0.05) is 36.4 Å². The molecule has 0 saturated heterocycles. The second-order valence-electron chi connectivity index (χ2n) is 5.30. The first-order chi connectivity index (χ1) is 11.8. The van der Waals surface area contributed by atoms with Gasteiger partial charge in [0, 0.05) is 7.05 Å². The monoisotopic (exact) mass is 347 g/mol. The lowest BCUT2D eigenvalue weighted by Gasteiger charge is -2.09. The van der Waals surface area contributed by atoms with E-state index in [1.54, 1.807) is 30.3 Å². The van der Waals surface area contributed by atoms with Crippen LogP contribution in [-0.2, 0) is 11.0 Å². The molecule has 6 heteroatoms. The van der Waals surface area contributed by atoms with E-state index in [9.17, 15) is 23.2 Å². The van der Waals surface area contributed by atoms with E-state index in [2.05, 4.69) is 0 Å². The van der Waals surface area contributed by atoms with Crippen LogP contribution in [0.15, 0.2) is 60.7 Å². The lowest BCUT2D eigenvalue weighted by molar-refractivity contribution is -0.137. The summed E-state index contributed by atoms with van der Waals surface area (Å²) in [5.41, 5.74) is 1.17. The SMILES string of the molecule is CN(O)c1ccc(/C=C/C(=O)/C=C/c2ccc(C(F)(F)F)cc2)cc1. The molecule has 2 aromatic carbocycles. The third kappa shape index (κ3) is 5.61. The maximum absolute atomic E-state index is 12.5. The van der Waals surface area contributed by atoms with Crippen LogP contribution in [0.1, 0.15) is 16.7 Å². The Morgan fingerprint density at radius 3 is 1.76 bits per heavy atom. The predicted octanol–water partition coefficient (Wildman–Crippen LogP) is 4.83. The van der Waals surface area contributed by atoms with E-state index in [0.717, 1.165) is 22.8 Å². The number of benzene rings is 2. The molecule has 0 amide bonds. The third-order valence-electron chi connectivity index (χ3n) is 3.38. The molecule has 0 saturated carbocycles. The molecular formula is C19H16F3NO2. The smallest absolute Gasteiger partial charge is 0.290 e. The lowest BCUT2D eigenvalue weighted by atomic mass is 10.1. The third-order valence-corrected chi connectivity index (χ3v) is 3.38. The van der Waals surface area contributed by atoms with Gasteiger partial charge < -0.3 is 0 Å². The first-order valence-corrected chi connectivity index (χ1v) is 7.36. The number of ketones is 1. The van der Waals surface area contributed by atoms with Crippen LogP contribution in [0, 0.1) is 0 Å². The van der Waals surface area contributed by atoms with Crippen LogP contribution in [-0.4, -0.2) is 18.0 Å². The Labute approximate surface area is 143 Å². The summed E-state index contributed by atoms with van der Waals surface area (Å²) in [7, 11) is 1.50. The molecule has 0 radical (unpaired) electrons. The highest BCUT2D eigenvalue weighted by atomic mass is 19.4. The summed E-state index contributed by atoms with van der Waals surface area (Å²) >= 11 is 0. The van der Waals surface area contributed by atoms with Crippen molar-refractivity contribution in [3.63, 3.8) is 0 Å². The molecular weight excluding hydrogens is 331 g/mol. The van der Waals surface area contributed by atoms with Crippen molar-refractivity contribution in [2.45, 2.75) is 6.18 Å². The first kappa shape index (κ1) is 18.5. The molecule has 2 aromatic rings. The van der Waals surface area contributed by atoms with Crippen molar-refractivity contribution < 1.29 is 23.2 Å². The molecule has 0 atom stereocenters. The Bertz CT molecular complexity index is 774. The van der Waals surface area contributed by atoms with Gasteiger partial charge in [-0.25, -0.2) is 0 Å². The first-order valence-electron chi connectivity index (χ1n) is 7.36. The average Bonchev–Trinajstić information content (AvgIpc) is 2.58. The summed E-state index contributed by atoms with van der Waals surface area (Å²) in [5.74, 6) is -0.289.